The minimum absolute atomic E-state index is 0. The van der Waals surface area contributed by atoms with Crippen molar-refractivity contribution < 1.29 is 5.11 Å². The predicted molar refractivity (Wildman–Crippen MR) is 91.3 cm³/mol. The lowest BCUT2D eigenvalue weighted by Gasteiger charge is -2.20. The van der Waals surface area contributed by atoms with Gasteiger partial charge in [0.25, 0.3) is 0 Å². The van der Waals surface area contributed by atoms with Gasteiger partial charge < -0.3 is 15.7 Å². The Morgan fingerprint density at radius 2 is 1.95 bits per heavy atom. The van der Waals surface area contributed by atoms with Crippen LogP contribution in [0.15, 0.2) is 35.3 Å². The molecule has 108 valence electrons. The molecule has 4 nitrogen and oxygen atoms in total. The van der Waals surface area contributed by atoms with Gasteiger partial charge in [0.15, 0.2) is 5.96 Å². The minimum atomic E-state index is -0.311. The number of rotatable bonds is 5. The molecule has 0 aliphatic carbocycles. The Bertz CT molecular complexity index is 368. The third kappa shape index (κ3) is 6.77. The lowest BCUT2D eigenvalue weighted by molar-refractivity contribution is 0.174. The van der Waals surface area contributed by atoms with Crippen LogP contribution in [0.2, 0.25) is 0 Å². The van der Waals surface area contributed by atoms with E-state index in [4.69, 9.17) is 0 Å². The first-order chi connectivity index (χ1) is 8.67. The van der Waals surface area contributed by atoms with Crippen LogP contribution in [0, 0.1) is 0 Å². The van der Waals surface area contributed by atoms with Crippen LogP contribution in [-0.4, -0.2) is 37.8 Å². The highest BCUT2D eigenvalue weighted by Gasteiger charge is 2.14. The smallest absolute Gasteiger partial charge is 0.190 e. The van der Waals surface area contributed by atoms with Crippen LogP contribution in [0.25, 0.3) is 0 Å². The van der Waals surface area contributed by atoms with Crippen molar-refractivity contribution in [3.8, 4) is 0 Å². The highest BCUT2D eigenvalue weighted by molar-refractivity contribution is 14.0. The van der Waals surface area contributed by atoms with E-state index in [1.54, 1.807) is 7.05 Å². The molecule has 3 N–H and O–H groups in total. The summed E-state index contributed by atoms with van der Waals surface area (Å²) in [5.74, 6) is 1.04. The summed E-state index contributed by atoms with van der Waals surface area (Å²) in [5, 5.41) is 15.8. The summed E-state index contributed by atoms with van der Waals surface area (Å²) in [6.07, 6.45) is 0.422. The van der Waals surface area contributed by atoms with Crippen LogP contribution in [0.5, 0.6) is 0 Å². The zero-order chi connectivity index (χ0) is 13.4. The molecule has 0 aliphatic rings. The Kier molecular flexibility index (Phi) is 9.59. The summed E-state index contributed by atoms with van der Waals surface area (Å²) in [5.41, 5.74) is 1.23. The van der Waals surface area contributed by atoms with E-state index < -0.39 is 0 Å². The van der Waals surface area contributed by atoms with Gasteiger partial charge in [-0.05, 0) is 18.9 Å². The maximum Gasteiger partial charge on any atom is 0.190 e. The molecular weight excluding hydrogens is 353 g/mol. The van der Waals surface area contributed by atoms with Crippen LogP contribution < -0.4 is 10.6 Å². The van der Waals surface area contributed by atoms with Crippen molar-refractivity contribution in [3.05, 3.63) is 35.9 Å². The number of nitrogens with one attached hydrogen (secondary N) is 2. The Labute approximate surface area is 132 Å². The van der Waals surface area contributed by atoms with E-state index in [0.29, 0.717) is 0 Å². The first-order valence-corrected chi connectivity index (χ1v) is 6.28. The summed E-state index contributed by atoms with van der Waals surface area (Å²) >= 11 is 0. The summed E-state index contributed by atoms with van der Waals surface area (Å²) in [4.78, 5) is 4.08. The molecule has 0 aliphatic heterocycles. The molecule has 19 heavy (non-hydrogen) atoms. The minimum Gasteiger partial charge on any atom is -0.393 e. The molecule has 0 fully saturated rings. The topological polar surface area (TPSA) is 56.7 Å². The van der Waals surface area contributed by atoms with Gasteiger partial charge in [0.05, 0.1) is 6.10 Å². The third-order valence-corrected chi connectivity index (χ3v) is 2.87. The number of guanidine groups is 1. The average Bonchev–Trinajstić information content (AvgIpc) is 2.39. The molecule has 1 rings (SSSR count). The quantitative estimate of drug-likeness (QED) is 0.418. The predicted octanol–water partition coefficient (Wildman–Crippen LogP) is 1.95. The fourth-order valence-electron chi connectivity index (χ4n) is 1.97. The maximum absolute atomic E-state index is 9.59. The van der Waals surface area contributed by atoms with Crippen LogP contribution in [0.4, 0.5) is 0 Å². The molecule has 2 unspecified atom stereocenters. The van der Waals surface area contributed by atoms with Crippen molar-refractivity contribution in [3.63, 3.8) is 0 Å². The van der Waals surface area contributed by atoms with Gasteiger partial charge in [-0.15, -0.1) is 24.0 Å². The third-order valence-electron chi connectivity index (χ3n) is 2.87. The van der Waals surface area contributed by atoms with E-state index >= 15 is 0 Å². The normalized spacial score (nSPS) is 14.2. The second-order valence-electron chi connectivity index (χ2n) is 4.40. The van der Waals surface area contributed by atoms with Gasteiger partial charge >= 0.3 is 0 Å². The Balaban J connectivity index is 0.00000324. The standard InChI is InChI=1S/C14H23N3O.HI/c1-11(18)9-13(10-17-14(15-2)16-3)12-7-5-4-6-8-12;/h4-8,11,13,18H,9-10H2,1-3H3,(H2,15,16,17);1H. The van der Waals surface area contributed by atoms with E-state index in [2.05, 4.69) is 27.8 Å². The molecule has 0 saturated carbocycles. The van der Waals surface area contributed by atoms with E-state index in [0.717, 1.165) is 18.9 Å². The zero-order valence-corrected chi connectivity index (χ0v) is 14.1. The molecule has 0 radical (unpaired) electrons. The molecule has 0 heterocycles. The van der Waals surface area contributed by atoms with Crippen molar-refractivity contribution in [2.75, 3.05) is 20.6 Å². The second kappa shape index (κ2) is 10.0. The largest absolute Gasteiger partial charge is 0.393 e. The van der Waals surface area contributed by atoms with Crippen molar-refractivity contribution in [1.29, 1.82) is 0 Å². The highest BCUT2D eigenvalue weighted by Crippen LogP contribution is 2.20. The number of hydrogen-bond donors (Lipinski definition) is 3. The average molecular weight is 377 g/mol. The first kappa shape index (κ1) is 18.2. The van der Waals surface area contributed by atoms with E-state index in [-0.39, 0.29) is 36.0 Å². The molecule has 1 aromatic rings. The van der Waals surface area contributed by atoms with Gasteiger partial charge in [-0.1, -0.05) is 30.3 Å². The summed E-state index contributed by atoms with van der Waals surface area (Å²) in [7, 11) is 3.58. The number of aliphatic imine (C=N–C) groups is 1. The molecule has 0 aromatic heterocycles. The number of aliphatic hydroxyl groups excluding tert-OH is 1. The van der Waals surface area contributed by atoms with Gasteiger partial charge in [0, 0.05) is 26.6 Å². The monoisotopic (exact) mass is 377 g/mol. The van der Waals surface area contributed by atoms with Crippen molar-refractivity contribution in [2.45, 2.75) is 25.4 Å². The van der Waals surface area contributed by atoms with Gasteiger partial charge in [-0.3, -0.25) is 4.99 Å². The van der Waals surface area contributed by atoms with Gasteiger partial charge in [0.2, 0.25) is 0 Å². The van der Waals surface area contributed by atoms with Crippen molar-refractivity contribution in [2.24, 2.45) is 4.99 Å². The van der Waals surface area contributed by atoms with Crippen LogP contribution in [0.3, 0.4) is 0 Å². The van der Waals surface area contributed by atoms with Crippen molar-refractivity contribution >= 4 is 29.9 Å². The SMILES string of the molecule is CN=C(NC)NCC(CC(C)O)c1ccccc1.I. The van der Waals surface area contributed by atoms with E-state index in [1.165, 1.54) is 5.56 Å². The molecule has 1 aromatic carbocycles. The summed E-state index contributed by atoms with van der Waals surface area (Å²) in [6.45, 7) is 2.57. The first-order valence-electron chi connectivity index (χ1n) is 6.28. The Morgan fingerprint density at radius 1 is 1.32 bits per heavy atom. The highest BCUT2D eigenvalue weighted by atomic mass is 127. The number of nitrogens with zero attached hydrogens (tertiary/aromatic N) is 1. The zero-order valence-electron chi connectivity index (χ0n) is 11.8. The lowest BCUT2D eigenvalue weighted by Crippen LogP contribution is -2.37. The Morgan fingerprint density at radius 3 is 2.42 bits per heavy atom. The molecule has 0 saturated heterocycles. The number of benzene rings is 1. The van der Waals surface area contributed by atoms with E-state index in [9.17, 15) is 5.11 Å². The second-order valence-corrected chi connectivity index (χ2v) is 4.40. The number of aliphatic hydroxyl groups is 1. The molecule has 5 heteroatoms. The summed E-state index contributed by atoms with van der Waals surface area (Å²) < 4.78 is 0. The molecule has 0 bridgehead atoms. The van der Waals surface area contributed by atoms with Crippen LogP contribution in [-0.2, 0) is 0 Å². The molecular formula is C14H24IN3O. The van der Waals surface area contributed by atoms with Gasteiger partial charge in [0.1, 0.15) is 0 Å². The van der Waals surface area contributed by atoms with Crippen LogP contribution in [0.1, 0.15) is 24.8 Å². The number of hydrogen-bond acceptors (Lipinski definition) is 2. The molecule has 2 atom stereocenters. The molecule has 0 spiro atoms. The fraction of sp³-hybridized carbons (Fsp3) is 0.500. The van der Waals surface area contributed by atoms with Crippen molar-refractivity contribution in [1.82, 2.24) is 10.6 Å². The molecule has 0 amide bonds. The number of halogens is 1. The Hall–Kier alpha value is -0.820. The lowest BCUT2D eigenvalue weighted by atomic mass is 9.93. The van der Waals surface area contributed by atoms with Gasteiger partial charge in [-0.2, -0.15) is 0 Å². The van der Waals surface area contributed by atoms with Crippen LogP contribution >= 0.6 is 24.0 Å². The fourth-order valence-corrected chi connectivity index (χ4v) is 1.97. The maximum atomic E-state index is 9.59. The van der Waals surface area contributed by atoms with E-state index in [1.807, 2.05) is 32.2 Å². The summed E-state index contributed by atoms with van der Waals surface area (Å²) in [6, 6.07) is 10.2. The van der Waals surface area contributed by atoms with Gasteiger partial charge in [-0.25, -0.2) is 0 Å².